The van der Waals surface area contributed by atoms with Crippen molar-refractivity contribution in [1.29, 1.82) is 0 Å². The maximum atomic E-state index is 9.40. The van der Waals surface area contributed by atoms with Crippen molar-refractivity contribution in [1.82, 2.24) is 9.97 Å². The summed E-state index contributed by atoms with van der Waals surface area (Å²) in [5.74, 6) is 1.36. The Morgan fingerprint density at radius 3 is 2.76 bits per heavy atom. The Morgan fingerprint density at radius 2 is 2.05 bits per heavy atom. The lowest BCUT2D eigenvalue weighted by Gasteiger charge is -2.35. The number of hydrogen-bond acceptors (Lipinski definition) is 5. The van der Waals surface area contributed by atoms with Crippen LogP contribution in [0.4, 0.5) is 5.82 Å². The van der Waals surface area contributed by atoms with E-state index in [0.29, 0.717) is 18.5 Å². The molecule has 0 unspecified atom stereocenters. The maximum absolute atomic E-state index is 9.40. The number of nitrogens with zero attached hydrogens (tertiary/aromatic N) is 3. The van der Waals surface area contributed by atoms with Crippen LogP contribution in [0, 0.1) is 0 Å². The molecule has 1 aromatic rings. The number of anilines is 1. The van der Waals surface area contributed by atoms with Crippen LogP contribution in [0.2, 0.25) is 0 Å². The van der Waals surface area contributed by atoms with E-state index in [2.05, 4.69) is 20.9 Å². The highest BCUT2D eigenvalue weighted by atomic mass is 16.5. The molecular formula is C16H25N3O2. The van der Waals surface area contributed by atoms with Gasteiger partial charge in [-0.3, -0.25) is 0 Å². The molecule has 0 aromatic carbocycles. The maximum Gasteiger partial charge on any atom is 0.132 e. The average Bonchev–Trinajstić information content (AvgIpc) is 3.08. The monoisotopic (exact) mass is 291 g/mol. The molecule has 0 spiro atoms. The summed E-state index contributed by atoms with van der Waals surface area (Å²) in [5, 5.41) is 9.40. The fourth-order valence-corrected chi connectivity index (χ4v) is 3.49. The molecule has 2 heterocycles. The Kier molecular flexibility index (Phi) is 5.04. The molecule has 2 aliphatic rings. The van der Waals surface area contributed by atoms with E-state index in [-0.39, 0.29) is 6.61 Å². The normalized spacial score (nSPS) is 23.4. The zero-order valence-electron chi connectivity index (χ0n) is 12.6. The van der Waals surface area contributed by atoms with Gasteiger partial charge in [0.1, 0.15) is 12.1 Å². The second-order valence-corrected chi connectivity index (χ2v) is 6.07. The summed E-state index contributed by atoms with van der Waals surface area (Å²) in [7, 11) is 0. The van der Waals surface area contributed by atoms with Crippen LogP contribution in [0.1, 0.15) is 50.1 Å². The third-order valence-electron chi connectivity index (χ3n) is 4.67. The molecule has 5 heteroatoms. The molecule has 0 bridgehead atoms. The first-order valence-corrected chi connectivity index (χ1v) is 8.15. The van der Waals surface area contributed by atoms with E-state index < -0.39 is 0 Å². The summed E-state index contributed by atoms with van der Waals surface area (Å²) in [6, 6.07) is 2.61. The van der Waals surface area contributed by atoms with E-state index in [0.717, 1.165) is 31.1 Å². The molecule has 1 aliphatic carbocycles. The molecule has 1 aliphatic heterocycles. The lowest BCUT2D eigenvalue weighted by Crippen LogP contribution is -2.39. The molecule has 1 atom stereocenters. The van der Waals surface area contributed by atoms with Gasteiger partial charge in [-0.05, 0) is 19.3 Å². The van der Waals surface area contributed by atoms with Gasteiger partial charge in [-0.2, -0.15) is 0 Å². The van der Waals surface area contributed by atoms with E-state index in [1.54, 1.807) is 6.33 Å². The van der Waals surface area contributed by atoms with Crippen LogP contribution in [0.25, 0.3) is 0 Å². The van der Waals surface area contributed by atoms with Crippen molar-refractivity contribution in [2.24, 2.45) is 0 Å². The second kappa shape index (κ2) is 7.18. The van der Waals surface area contributed by atoms with Crippen molar-refractivity contribution in [3.8, 4) is 0 Å². The quantitative estimate of drug-likeness (QED) is 0.900. The fourth-order valence-electron chi connectivity index (χ4n) is 3.49. The number of aliphatic hydroxyl groups is 1. The van der Waals surface area contributed by atoms with E-state index in [9.17, 15) is 5.11 Å². The van der Waals surface area contributed by atoms with E-state index >= 15 is 0 Å². The second-order valence-electron chi connectivity index (χ2n) is 6.07. The third kappa shape index (κ3) is 3.52. The Morgan fingerprint density at radius 1 is 1.19 bits per heavy atom. The van der Waals surface area contributed by atoms with Gasteiger partial charge in [0.25, 0.3) is 0 Å². The molecule has 0 amide bonds. The minimum absolute atomic E-state index is 0.169. The lowest BCUT2D eigenvalue weighted by molar-refractivity contribution is 0.193. The molecule has 0 radical (unpaired) electrons. The largest absolute Gasteiger partial charge is 0.395 e. The number of aliphatic hydroxyl groups excluding tert-OH is 1. The first-order chi connectivity index (χ1) is 10.4. The summed E-state index contributed by atoms with van der Waals surface area (Å²) in [5.41, 5.74) is 1.08. The smallest absolute Gasteiger partial charge is 0.132 e. The van der Waals surface area contributed by atoms with Crippen molar-refractivity contribution in [2.75, 3.05) is 31.3 Å². The molecule has 1 saturated carbocycles. The predicted octanol–water partition coefficient (Wildman–Crippen LogP) is 2.11. The molecule has 1 saturated heterocycles. The van der Waals surface area contributed by atoms with Crippen molar-refractivity contribution in [2.45, 2.75) is 50.5 Å². The van der Waals surface area contributed by atoms with Crippen LogP contribution in [-0.2, 0) is 4.74 Å². The van der Waals surface area contributed by atoms with Crippen molar-refractivity contribution >= 4 is 5.82 Å². The minimum atomic E-state index is 0.169. The highest BCUT2D eigenvalue weighted by Crippen LogP contribution is 2.29. The minimum Gasteiger partial charge on any atom is -0.395 e. The summed E-state index contributed by atoms with van der Waals surface area (Å²) < 4.78 is 5.46. The Hall–Kier alpha value is -1.20. The van der Waals surface area contributed by atoms with Crippen molar-refractivity contribution in [3.63, 3.8) is 0 Å². The first-order valence-electron chi connectivity index (χ1n) is 8.15. The Labute approximate surface area is 126 Å². The first kappa shape index (κ1) is 14.7. The van der Waals surface area contributed by atoms with Crippen molar-refractivity contribution in [3.05, 3.63) is 18.1 Å². The highest BCUT2D eigenvalue weighted by molar-refractivity contribution is 5.41. The lowest BCUT2D eigenvalue weighted by atomic mass is 9.94. The highest BCUT2D eigenvalue weighted by Gasteiger charge is 2.24. The SMILES string of the molecule is OCCN(c1cc([C@H]2CCOC2)ncn1)C1CCCCC1. The predicted molar refractivity (Wildman–Crippen MR) is 81.5 cm³/mol. The molecule has 21 heavy (non-hydrogen) atoms. The summed E-state index contributed by atoms with van der Waals surface area (Å²) in [6.45, 7) is 2.41. The van der Waals surface area contributed by atoms with Crippen LogP contribution in [-0.4, -0.2) is 47.5 Å². The van der Waals surface area contributed by atoms with Gasteiger partial charge in [0.2, 0.25) is 0 Å². The average molecular weight is 291 g/mol. The number of ether oxygens (including phenoxy) is 1. The van der Waals surface area contributed by atoms with Crippen LogP contribution in [0.5, 0.6) is 0 Å². The van der Waals surface area contributed by atoms with E-state index in [1.807, 2.05) is 0 Å². The van der Waals surface area contributed by atoms with Gasteiger partial charge in [-0.1, -0.05) is 19.3 Å². The standard InChI is InChI=1S/C16H25N3O2/c20-8-7-19(14-4-2-1-3-5-14)16-10-15(17-12-18-16)13-6-9-21-11-13/h10,12-14,20H,1-9,11H2/t13-/m0/s1. The zero-order valence-corrected chi connectivity index (χ0v) is 12.6. The molecule has 116 valence electrons. The van der Waals surface area contributed by atoms with Gasteiger partial charge in [0.05, 0.1) is 18.9 Å². The van der Waals surface area contributed by atoms with Crippen LogP contribution in [0.15, 0.2) is 12.4 Å². The molecule has 3 rings (SSSR count). The van der Waals surface area contributed by atoms with Gasteiger partial charge in [0.15, 0.2) is 0 Å². The summed E-state index contributed by atoms with van der Waals surface area (Å²) in [4.78, 5) is 11.2. The van der Waals surface area contributed by atoms with Gasteiger partial charge in [-0.15, -0.1) is 0 Å². The topological polar surface area (TPSA) is 58.5 Å². The van der Waals surface area contributed by atoms with E-state index in [4.69, 9.17) is 4.74 Å². The fraction of sp³-hybridized carbons (Fsp3) is 0.750. The van der Waals surface area contributed by atoms with Crippen LogP contribution in [0.3, 0.4) is 0 Å². The Bertz CT molecular complexity index is 443. The van der Waals surface area contributed by atoms with Gasteiger partial charge in [0, 0.05) is 31.2 Å². The number of aromatic nitrogens is 2. The van der Waals surface area contributed by atoms with Gasteiger partial charge >= 0.3 is 0 Å². The van der Waals surface area contributed by atoms with Gasteiger partial charge < -0.3 is 14.7 Å². The number of rotatable bonds is 5. The van der Waals surface area contributed by atoms with Crippen LogP contribution < -0.4 is 4.90 Å². The third-order valence-corrected chi connectivity index (χ3v) is 4.67. The number of hydrogen-bond donors (Lipinski definition) is 1. The Balaban J connectivity index is 1.79. The molecule has 5 nitrogen and oxygen atoms in total. The summed E-state index contributed by atoms with van der Waals surface area (Å²) >= 11 is 0. The molecule has 1 aromatic heterocycles. The summed E-state index contributed by atoms with van der Waals surface area (Å²) in [6.07, 6.45) is 8.99. The molecule has 1 N–H and O–H groups in total. The van der Waals surface area contributed by atoms with Gasteiger partial charge in [-0.25, -0.2) is 9.97 Å². The van der Waals surface area contributed by atoms with Crippen LogP contribution >= 0.6 is 0 Å². The van der Waals surface area contributed by atoms with Crippen molar-refractivity contribution < 1.29 is 9.84 Å². The molecular weight excluding hydrogens is 266 g/mol. The molecule has 2 fully saturated rings. The van der Waals surface area contributed by atoms with E-state index in [1.165, 1.54) is 32.1 Å². The zero-order chi connectivity index (χ0) is 14.5.